The number of carboxylic acids is 2. The van der Waals surface area contributed by atoms with Crippen LogP contribution < -0.4 is 10.1 Å². The molecule has 1 heterocycles. The van der Waals surface area contributed by atoms with Crippen molar-refractivity contribution < 1.29 is 33.0 Å². The van der Waals surface area contributed by atoms with Crippen molar-refractivity contribution in [3.05, 3.63) is 29.8 Å². The second-order valence-corrected chi connectivity index (χ2v) is 9.19. The third kappa shape index (κ3) is 7.30. The van der Waals surface area contributed by atoms with E-state index in [9.17, 15) is 22.8 Å². The van der Waals surface area contributed by atoms with Crippen LogP contribution in [0.25, 0.3) is 0 Å². The minimum atomic E-state index is -3.83. The van der Waals surface area contributed by atoms with Gasteiger partial charge in [-0.05, 0) is 43.7 Å². The molecular weight excluding hydrogens is 414 g/mol. The Bertz CT molecular complexity index is 845. The molecule has 0 bridgehead atoms. The van der Waals surface area contributed by atoms with Gasteiger partial charge in [0.25, 0.3) is 10.0 Å². The van der Waals surface area contributed by atoms with Crippen LogP contribution in [0.15, 0.2) is 29.2 Å². The van der Waals surface area contributed by atoms with Crippen molar-refractivity contribution in [1.82, 2.24) is 15.2 Å². The molecule has 11 heteroatoms. The van der Waals surface area contributed by atoms with Gasteiger partial charge in [0.1, 0.15) is 0 Å². The van der Waals surface area contributed by atoms with Gasteiger partial charge in [-0.2, -0.15) is 0 Å². The predicted molar refractivity (Wildman–Crippen MR) is 107 cm³/mol. The van der Waals surface area contributed by atoms with E-state index in [0.29, 0.717) is 11.8 Å². The molecule has 3 rings (SSSR count). The largest absolute Gasteiger partial charge is 0.481 e. The Morgan fingerprint density at radius 3 is 1.97 bits per heavy atom. The van der Waals surface area contributed by atoms with Crippen LogP contribution >= 0.6 is 0 Å². The number of benzene rings is 1. The van der Waals surface area contributed by atoms with E-state index in [-0.39, 0.29) is 17.7 Å². The summed E-state index contributed by atoms with van der Waals surface area (Å²) in [6.07, 6.45) is 3.07. The number of aryl methyl sites for hydroxylation is 1. The molecule has 2 aliphatic rings. The van der Waals surface area contributed by atoms with Crippen molar-refractivity contribution in [2.24, 2.45) is 11.8 Å². The van der Waals surface area contributed by atoms with E-state index in [1.165, 1.54) is 31.4 Å². The molecule has 2 atom stereocenters. The Balaban J connectivity index is 0.000000343. The van der Waals surface area contributed by atoms with Crippen LogP contribution in [0.5, 0.6) is 0 Å². The smallest absolute Gasteiger partial charge is 0.343 e. The number of rotatable bonds is 6. The van der Waals surface area contributed by atoms with Gasteiger partial charge < -0.3 is 10.2 Å². The Labute approximate surface area is 175 Å². The Hall–Kier alpha value is -2.66. The van der Waals surface area contributed by atoms with Crippen molar-refractivity contribution in [1.29, 1.82) is 0 Å². The van der Waals surface area contributed by atoms with Crippen LogP contribution in [0, 0.1) is 18.8 Å². The first-order chi connectivity index (χ1) is 14.1. The molecule has 2 amide bonds. The summed E-state index contributed by atoms with van der Waals surface area (Å²) in [5, 5.41) is 17.6. The van der Waals surface area contributed by atoms with Gasteiger partial charge in [0, 0.05) is 13.1 Å². The van der Waals surface area contributed by atoms with E-state index in [1.807, 2.05) is 11.9 Å². The number of fused-ring (bicyclic) bond motifs is 1. The molecule has 0 aromatic heterocycles. The molecule has 1 aliphatic heterocycles. The highest BCUT2D eigenvalue weighted by Crippen LogP contribution is 2.36. The normalized spacial score (nSPS) is 20.6. The Morgan fingerprint density at radius 1 is 1.00 bits per heavy atom. The number of nitrogens with zero attached hydrogens (tertiary/aromatic N) is 1. The average Bonchev–Trinajstić information content (AvgIpc) is 3.22. The summed E-state index contributed by atoms with van der Waals surface area (Å²) in [6.45, 7) is 3.49. The number of carbonyl (C=O) groups excluding carboxylic acids is 1. The lowest BCUT2D eigenvalue weighted by Gasteiger charge is -2.18. The minimum absolute atomic E-state index is 0.0894. The van der Waals surface area contributed by atoms with Crippen molar-refractivity contribution in [2.45, 2.75) is 43.9 Å². The predicted octanol–water partition coefficient (Wildman–Crippen LogP) is 1.57. The number of urea groups is 1. The van der Waals surface area contributed by atoms with E-state index in [2.05, 4.69) is 10.1 Å². The first kappa shape index (κ1) is 23.6. The standard InChI is InChI=1S/C15H21N3O3S.C4H6O4/c1-11-5-7-14(8-6-11)22(20,21)17-15(19)16-18-9-12-3-2-4-13(12)10-18;5-3(6)1-2-4(7)8/h5-8,12-13H,2-4,9-10H2,1H3,(H2,16,17,19);1-2H2,(H,5,6)(H,7,8)/t12-,13+;. The summed E-state index contributed by atoms with van der Waals surface area (Å²) < 4.78 is 26.3. The number of amides is 2. The zero-order valence-electron chi connectivity index (χ0n) is 16.7. The molecule has 0 spiro atoms. The van der Waals surface area contributed by atoms with E-state index < -0.39 is 28.0 Å². The lowest BCUT2D eigenvalue weighted by atomic mass is 10.0. The van der Waals surface area contributed by atoms with Gasteiger partial charge in [-0.3, -0.25) is 15.0 Å². The van der Waals surface area contributed by atoms with Gasteiger partial charge in [0.15, 0.2) is 0 Å². The third-order valence-corrected chi connectivity index (χ3v) is 6.44. The maximum absolute atomic E-state index is 12.1. The quantitative estimate of drug-likeness (QED) is 0.519. The van der Waals surface area contributed by atoms with Crippen LogP contribution in [-0.4, -0.2) is 54.7 Å². The number of nitrogens with one attached hydrogen (secondary N) is 2. The first-order valence-corrected chi connectivity index (χ1v) is 11.1. The molecule has 4 N–H and O–H groups in total. The number of aliphatic carboxylic acids is 2. The molecule has 0 radical (unpaired) electrons. The van der Waals surface area contributed by atoms with Crippen LogP contribution in [0.2, 0.25) is 0 Å². The number of carbonyl (C=O) groups is 3. The van der Waals surface area contributed by atoms with Crippen LogP contribution in [0.4, 0.5) is 4.79 Å². The van der Waals surface area contributed by atoms with Crippen LogP contribution in [-0.2, 0) is 19.6 Å². The fraction of sp³-hybridized carbons (Fsp3) is 0.526. The van der Waals surface area contributed by atoms with Crippen molar-refractivity contribution in [3.8, 4) is 0 Å². The highest BCUT2D eigenvalue weighted by atomic mass is 32.2. The molecule has 2 fully saturated rings. The minimum Gasteiger partial charge on any atom is -0.481 e. The van der Waals surface area contributed by atoms with Crippen molar-refractivity contribution >= 4 is 28.0 Å². The average molecular weight is 442 g/mol. The molecule has 10 nitrogen and oxygen atoms in total. The van der Waals surface area contributed by atoms with Crippen LogP contribution in [0.3, 0.4) is 0 Å². The lowest BCUT2D eigenvalue weighted by molar-refractivity contribution is -0.143. The molecule has 1 aromatic rings. The van der Waals surface area contributed by atoms with E-state index in [0.717, 1.165) is 18.7 Å². The SMILES string of the molecule is Cc1ccc(S(=O)(=O)NC(=O)NN2C[C@H]3CCC[C@H]3C2)cc1.O=C(O)CCC(=O)O. The molecular formula is C19H27N3O7S. The molecule has 30 heavy (non-hydrogen) atoms. The van der Waals surface area contributed by atoms with Gasteiger partial charge in [-0.1, -0.05) is 24.1 Å². The molecule has 0 unspecified atom stereocenters. The van der Waals surface area contributed by atoms with E-state index in [1.54, 1.807) is 12.1 Å². The number of carboxylic acid groups (broad SMARTS) is 2. The van der Waals surface area contributed by atoms with Crippen molar-refractivity contribution in [3.63, 3.8) is 0 Å². The highest BCUT2D eigenvalue weighted by Gasteiger charge is 2.36. The Kier molecular flexibility index (Phi) is 8.18. The highest BCUT2D eigenvalue weighted by molar-refractivity contribution is 7.90. The molecule has 1 aromatic carbocycles. The maximum Gasteiger partial charge on any atom is 0.343 e. The lowest BCUT2D eigenvalue weighted by Crippen LogP contribution is -2.48. The fourth-order valence-corrected chi connectivity index (χ4v) is 4.51. The van der Waals surface area contributed by atoms with E-state index in [4.69, 9.17) is 10.2 Å². The van der Waals surface area contributed by atoms with Gasteiger partial charge >= 0.3 is 18.0 Å². The summed E-state index contributed by atoms with van der Waals surface area (Å²) in [5.41, 5.74) is 3.61. The maximum atomic E-state index is 12.1. The molecule has 1 saturated carbocycles. The van der Waals surface area contributed by atoms with Gasteiger partial charge in [-0.25, -0.2) is 22.9 Å². The number of hydrogen-bond acceptors (Lipinski definition) is 6. The summed E-state index contributed by atoms with van der Waals surface area (Å²) in [4.78, 5) is 31.3. The summed E-state index contributed by atoms with van der Waals surface area (Å²) in [6, 6.07) is 5.69. The number of sulfonamides is 1. The summed E-state index contributed by atoms with van der Waals surface area (Å²) in [7, 11) is -3.83. The number of hydrazine groups is 1. The third-order valence-electron chi connectivity index (χ3n) is 5.10. The van der Waals surface area contributed by atoms with E-state index >= 15 is 0 Å². The molecule has 166 valence electrons. The van der Waals surface area contributed by atoms with Crippen molar-refractivity contribution in [2.75, 3.05) is 13.1 Å². The second-order valence-electron chi connectivity index (χ2n) is 7.50. The second kappa shape index (κ2) is 10.4. The van der Waals surface area contributed by atoms with Gasteiger partial charge in [0.2, 0.25) is 0 Å². The zero-order valence-corrected chi connectivity index (χ0v) is 17.5. The van der Waals surface area contributed by atoms with Crippen LogP contribution in [0.1, 0.15) is 37.7 Å². The zero-order chi connectivity index (χ0) is 22.3. The fourth-order valence-electron chi connectivity index (χ4n) is 3.61. The monoisotopic (exact) mass is 441 g/mol. The summed E-state index contributed by atoms with van der Waals surface area (Å²) in [5.74, 6) is -0.886. The molecule has 1 aliphatic carbocycles. The Morgan fingerprint density at radius 2 is 1.50 bits per heavy atom. The topological polar surface area (TPSA) is 153 Å². The first-order valence-electron chi connectivity index (χ1n) is 9.65. The number of hydrogen-bond donors (Lipinski definition) is 4. The van der Waals surface area contributed by atoms with Gasteiger partial charge in [-0.15, -0.1) is 0 Å². The molecule has 1 saturated heterocycles. The van der Waals surface area contributed by atoms with Gasteiger partial charge in [0.05, 0.1) is 17.7 Å². The summed E-state index contributed by atoms with van der Waals surface area (Å²) >= 11 is 0.